The minimum atomic E-state index is -4.56. The zero-order valence-electron chi connectivity index (χ0n) is 16.6. The second-order valence-electron chi connectivity index (χ2n) is 7.14. The zero-order valence-corrected chi connectivity index (χ0v) is 16.6. The molecule has 0 aliphatic carbocycles. The number of halogens is 3. The Bertz CT molecular complexity index is 946. The number of anilines is 1. The molecule has 1 amide bonds. The summed E-state index contributed by atoms with van der Waals surface area (Å²) in [6, 6.07) is 8.64. The monoisotopic (exact) mass is 437 g/mol. The third-order valence-corrected chi connectivity index (χ3v) is 4.94. The van der Waals surface area contributed by atoms with Gasteiger partial charge in [-0.05, 0) is 43.5 Å². The van der Waals surface area contributed by atoms with Gasteiger partial charge >= 0.3 is 6.18 Å². The van der Waals surface area contributed by atoms with Gasteiger partial charge in [-0.15, -0.1) is 0 Å². The summed E-state index contributed by atoms with van der Waals surface area (Å²) in [5, 5.41) is 16.2. The van der Waals surface area contributed by atoms with Crippen molar-refractivity contribution in [2.75, 3.05) is 25.0 Å². The molecule has 31 heavy (non-hydrogen) atoms. The molecule has 0 saturated carbocycles. The summed E-state index contributed by atoms with van der Waals surface area (Å²) in [4.78, 5) is 21.8. The first kappa shape index (κ1) is 22.5. The Morgan fingerprint density at radius 2 is 1.84 bits per heavy atom. The van der Waals surface area contributed by atoms with Gasteiger partial charge in [0.15, 0.2) is 0 Å². The maximum atomic E-state index is 13.2. The number of carbonyl (C=O) groups excluding carboxylic acids is 1. The number of alkyl halides is 3. The summed E-state index contributed by atoms with van der Waals surface area (Å²) < 4.78 is 45.3. The summed E-state index contributed by atoms with van der Waals surface area (Å²) in [5.74, 6) is -0.0967. The molecular weight excluding hydrogens is 415 g/mol. The smallest absolute Gasteiger partial charge is 0.418 e. The number of nitrogens with one attached hydrogen (secondary N) is 2. The molecule has 2 aromatic carbocycles. The highest BCUT2D eigenvalue weighted by atomic mass is 19.4. The van der Waals surface area contributed by atoms with Crippen LogP contribution in [0.4, 0.5) is 24.5 Å². The van der Waals surface area contributed by atoms with Crippen LogP contribution in [0.15, 0.2) is 36.4 Å². The molecule has 2 aromatic rings. The molecule has 0 aromatic heterocycles. The highest BCUT2D eigenvalue weighted by Crippen LogP contribution is 2.42. The first-order valence-corrected chi connectivity index (χ1v) is 9.85. The summed E-state index contributed by atoms with van der Waals surface area (Å²) in [7, 11) is 0. The number of nitro groups is 1. The van der Waals surface area contributed by atoms with Gasteiger partial charge in [0.25, 0.3) is 5.69 Å². The van der Waals surface area contributed by atoms with E-state index in [1.54, 1.807) is 12.1 Å². The quantitative estimate of drug-likeness (QED) is 0.350. The van der Waals surface area contributed by atoms with Crippen LogP contribution in [0.2, 0.25) is 0 Å². The van der Waals surface area contributed by atoms with Gasteiger partial charge in [0, 0.05) is 30.7 Å². The molecule has 0 unspecified atom stereocenters. The van der Waals surface area contributed by atoms with E-state index in [0.717, 1.165) is 24.5 Å². The van der Waals surface area contributed by atoms with Crippen molar-refractivity contribution in [1.82, 2.24) is 5.32 Å². The number of ether oxygens (including phenoxy) is 1. The standard InChI is InChI=1S/C21H22F3N3O4/c22-21(23,24)17-8-9-18(16-7-10-19(28)26-20(16)17)31-13-12-25-11-1-2-14-3-5-15(6-4-14)27(29)30/h3-6,8-9,25H,1-2,7,10-13H2,(H,26,28). The number of nitrogens with zero attached hydrogens (tertiary/aromatic N) is 1. The second kappa shape index (κ2) is 9.78. The van der Waals surface area contributed by atoms with E-state index in [0.29, 0.717) is 24.4 Å². The molecule has 2 N–H and O–H groups in total. The SMILES string of the molecule is O=C1CCc2c(OCCNCCCc3ccc([N+](=O)[O-])cc3)ccc(C(F)(F)F)c2N1. The van der Waals surface area contributed by atoms with Gasteiger partial charge in [0.1, 0.15) is 12.4 Å². The number of carbonyl (C=O) groups is 1. The van der Waals surface area contributed by atoms with Crippen LogP contribution >= 0.6 is 0 Å². The van der Waals surface area contributed by atoms with Crippen molar-refractivity contribution >= 4 is 17.3 Å². The summed E-state index contributed by atoms with van der Waals surface area (Å²) in [6.45, 7) is 1.47. The number of non-ortho nitro benzene ring substituents is 1. The Morgan fingerprint density at radius 3 is 2.52 bits per heavy atom. The van der Waals surface area contributed by atoms with E-state index in [1.165, 1.54) is 18.2 Å². The van der Waals surface area contributed by atoms with Crippen LogP contribution in [-0.2, 0) is 23.8 Å². The fraction of sp³-hybridized carbons (Fsp3) is 0.381. The lowest BCUT2D eigenvalue weighted by atomic mass is 9.97. The van der Waals surface area contributed by atoms with Crippen molar-refractivity contribution in [3.05, 3.63) is 63.2 Å². The van der Waals surface area contributed by atoms with Crippen molar-refractivity contribution in [2.45, 2.75) is 31.9 Å². The first-order valence-electron chi connectivity index (χ1n) is 9.85. The molecule has 0 bridgehead atoms. The number of benzene rings is 2. The Kier molecular flexibility index (Phi) is 7.11. The van der Waals surface area contributed by atoms with Gasteiger partial charge < -0.3 is 15.4 Å². The average Bonchev–Trinajstić information content (AvgIpc) is 2.72. The van der Waals surface area contributed by atoms with Crippen LogP contribution in [0.25, 0.3) is 0 Å². The Morgan fingerprint density at radius 1 is 1.10 bits per heavy atom. The van der Waals surface area contributed by atoms with Crippen LogP contribution < -0.4 is 15.4 Å². The van der Waals surface area contributed by atoms with Gasteiger partial charge in [0.05, 0.1) is 16.2 Å². The van der Waals surface area contributed by atoms with Crippen molar-refractivity contribution in [3.8, 4) is 5.75 Å². The van der Waals surface area contributed by atoms with Gasteiger partial charge in [0.2, 0.25) is 5.91 Å². The van der Waals surface area contributed by atoms with Gasteiger partial charge in [-0.25, -0.2) is 0 Å². The molecule has 166 valence electrons. The third-order valence-electron chi connectivity index (χ3n) is 4.94. The molecule has 10 heteroatoms. The highest BCUT2D eigenvalue weighted by molar-refractivity contribution is 5.95. The molecule has 1 aliphatic rings. The molecule has 0 radical (unpaired) electrons. The molecule has 1 aliphatic heterocycles. The van der Waals surface area contributed by atoms with E-state index >= 15 is 0 Å². The fourth-order valence-corrected chi connectivity index (χ4v) is 3.39. The molecule has 0 atom stereocenters. The van der Waals surface area contributed by atoms with E-state index in [4.69, 9.17) is 4.74 Å². The summed E-state index contributed by atoms with van der Waals surface area (Å²) in [6.07, 6.45) is -2.66. The van der Waals surface area contributed by atoms with E-state index in [1.807, 2.05) is 0 Å². The van der Waals surface area contributed by atoms with Crippen LogP contribution in [0.5, 0.6) is 5.75 Å². The number of aryl methyl sites for hydroxylation is 1. The summed E-state index contributed by atoms with van der Waals surface area (Å²) >= 11 is 0. The van der Waals surface area contributed by atoms with Gasteiger partial charge in [-0.3, -0.25) is 14.9 Å². The minimum Gasteiger partial charge on any atom is -0.492 e. The molecule has 3 rings (SSSR count). The first-order chi connectivity index (χ1) is 14.8. The van der Waals surface area contributed by atoms with Gasteiger partial charge in [-0.1, -0.05) is 12.1 Å². The van der Waals surface area contributed by atoms with Crippen LogP contribution in [0, 0.1) is 10.1 Å². The Balaban J connectivity index is 1.45. The molecule has 0 spiro atoms. The number of fused-ring (bicyclic) bond motifs is 1. The average molecular weight is 437 g/mol. The van der Waals surface area contributed by atoms with Crippen molar-refractivity contribution in [2.24, 2.45) is 0 Å². The van der Waals surface area contributed by atoms with Crippen LogP contribution in [-0.4, -0.2) is 30.5 Å². The fourth-order valence-electron chi connectivity index (χ4n) is 3.39. The zero-order chi connectivity index (χ0) is 22.4. The Labute approximate surface area is 176 Å². The van der Waals surface area contributed by atoms with E-state index in [-0.39, 0.29) is 30.8 Å². The number of nitro benzene ring substituents is 1. The molecule has 1 heterocycles. The number of rotatable bonds is 9. The highest BCUT2D eigenvalue weighted by Gasteiger charge is 2.37. The lowest BCUT2D eigenvalue weighted by molar-refractivity contribution is -0.384. The number of amides is 1. The largest absolute Gasteiger partial charge is 0.492 e. The van der Waals surface area contributed by atoms with E-state index in [9.17, 15) is 28.1 Å². The molecule has 0 fully saturated rings. The van der Waals surface area contributed by atoms with Gasteiger partial charge in [-0.2, -0.15) is 13.2 Å². The molecule has 0 saturated heterocycles. The van der Waals surface area contributed by atoms with E-state index in [2.05, 4.69) is 10.6 Å². The lowest BCUT2D eigenvalue weighted by Crippen LogP contribution is -2.25. The van der Waals surface area contributed by atoms with Crippen molar-refractivity contribution in [1.29, 1.82) is 0 Å². The summed E-state index contributed by atoms with van der Waals surface area (Å²) in [5.41, 5.74) is 0.350. The predicted octanol–water partition coefficient (Wildman–Crippen LogP) is 4.10. The maximum Gasteiger partial charge on any atom is 0.418 e. The minimum absolute atomic E-state index is 0.0593. The predicted molar refractivity (Wildman–Crippen MR) is 108 cm³/mol. The number of hydrogen-bond acceptors (Lipinski definition) is 5. The van der Waals surface area contributed by atoms with Crippen LogP contribution in [0.1, 0.15) is 29.5 Å². The topological polar surface area (TPSA) is 93.5 Å². The molecular formula is C21H22F3N3O4. The lowest BCUT2D eigenvalue weighted by Gasteiger charge is -2.24. The van der Waals surface area contributed by atoms with E-state index < -0.39 is 22.6 Å². The normalized spacial score (nSPS) is 13.5. The molecule has 7 nitrogen and oxygen atoms in total. The van der Waals surface area contributed by atoms with Crippen LogP contribution in [0.3, 0.4) is 0 Å². The third kappa shape index (κ3) is 5.94. The van der Waals surface area contributed by atoms with Crippen molar-refractivity contribution in [3.63, 3.8) is 0 Å². The van der Waals surface area contributed by atoms with Crippen molar-refractivity contribution < 1.29 is 27.6 Å². The maximum absolute atomic E-state index is 13.2. The Hall–Kier alpha value is -3.14. The second-order valence-corrected chi connectivity index (χ2v) is 7.14. The number of hydrogen-bond donors (Lipinski definition) is 2.